The van der Waals surface area contributed by atoms with E-state index >= 15 is 0 Å². The molecule has 0 saturated heterocycles. The lowest BCUT2D eigenvalue weighted by molar-refractivity contribution is 0.483. The molecule has 2 aromatic rings. The molecule has 1 unspecified atom stereocenters. The number of aromatic nitrogens is 2. The molecule has 1 aliphatic rings. The number of fused-ring (bicyclic) bond motifs is 1. The molecule has 1 aliphatic carbocycles. The lowest BCUT2D eigenvalue weighted by atomic mass is 9.83. The molecule has 1 atom stereocenters. The van der Waals surface area contributed by atoms with Gasteiger partial charge in [-0.2, -0.15) is 0 Å². The van der Waals surface area contributed by atoms with Crippen LogP contribution < -0.4 is 5.73 Å². The second kappa shape index (κ2) is 4.94. The molecule has 0 saturated carbocycles. The van der Waals surface area contributed by atoms with Crippen LogP contribution in [-0.2, 0) is 19.5 Å². The molecule has 18 heavy (non-hydrogen) atoms. The highest BCUT2D eigenvalue weighted by Gasteiger charge is 2.19. The summed E-state index contributed by atoms with van der Waals surface area (Å²) in [5.41, 5.74) is 9.61. The number of benzene rings is 1. The van der Waals surface area contributed by atoms with Crippen molar-refractivity contribution in [2.45, 2.75) is 38.3 Å². The summed E-state index contributed by atoms with van der Waals surface area (Å²) < 4.78 is 2.18. The van der Waals surface area contributed by atoms with Gasteiger partial charge in [-0.05, 0) is 30.4 Å². The highest BCUT2D eigenvalue weighted by atomic mass is 15.0. The SMILES string of the molecule is NCc1cn(CC2CCCc3ccccc32)cn1. The van der Waals surface area contributed by atoms with Crippen LogP contribution in [0, 0.1) is 0 Å². The molecule has 0 fully saturated rings. The van der Waals surface area contributed by atoms with E-state index in [1.165, 1.54) is 30.4 Å². The summed E-state index contributed by atoms with van der Waals surface area (Å²) in [7, 11) is 0. The van der Waals surface area contributed by atoms with Crippen LogP contribution in [0.15, 0.2) is 36.8 Å². The lowest BCUT2D eigenvalue weighted by Crippen LogP contribution is -2.14. The maximum atomic E-state index is 5.60. The Bertz CT molecular complexity index is 530. The van der Waals surface area contributed by atoms with E-state index in [0.717, 1.165) is 12.2 Å². The minimum absolute atomic E-state index is 0.522. The maximum absolute atomic E-state index is 5.60. The summed E-state index contributed by atoms with van der Waals surface area (Å²) in [5, 5.41) is 0. The Labute approximate surface area is 108 Å². The van der Waals surface area contributed by atoms with Crippen molar-refractivity contribution in [3.8, 4) is 0 Å². The highest BCUT2D eigenvalue weighted by Crippen LogP contribution is 2.32. The Hall–Kier alpha value is -1.61. The summed E-state index contributed by atoms with van der Waals surface area (Å²) in [6.07, 6.45) is 7.76. The van der Waals surface area contributed by atoms with Crippen molar-refractivity contribution in [1.29, 1.82) is 0 Å². The Morgan fingerprint density at radius 2 is 2.22 bits per heavy atom. The Morgan fingerprint density at radius 1 is 1.33 bits per heavy atom. The number of hydrogen-bond donors (Lipinski definition) is 1. The van der Waals surface area contributed by atoms with E-state index in [9.17, 15) is 0 Å². The number of aryl methyl sites for hydroxylation is 1. The molecule has 3 rings (SSSR count). The number of hydrogen-bond acceptors (Lipinski definition) is 2. The first-order valence-electron chi connectivity index (χ1n) is 6.65. The molecule has 3 nitrogen and oxygen atoms in total. The number of nitrogens with two attached hydrogens (primary N) is 1. The first-order chi connectivity index (χ1) is 8.86. The zero-order chi connectivity index (χ0) is 12.4. The van der Waals surface area contributed by atoms with Crippen LogP contribution in [0.3, 0.4) is 0 Å². The van der Waals surface area contributed by atoms with Gasteiger partial charge in [0.1, 0.15) is 0 Å². The third-order valence-corrected chi connectivity index (χ3v) is 3.82. The zero-order valence-corrected chi connectivity index (χ0v) is 10.5. The van der Waals surface area contributed by atoms with Gasteiger partial charge < -0.3 is 10.3 Å². The van der Waals surface area contributed by atoms with Crippen LogP contribution in [0.1, 0.15) is 35.6 Å². The van der Waals surface area contributed by atoms with E-state index in [1.807, 2.05) is 6.33 Å². The van der Waals surface area contributed by atoms with Gasteiger partial charge in [-0.3, -0.25) is 0 Å². The van der Waals surface area contributed by atoms with Crippen LogP contribution in [0.25, 0.3) is 0 Å². The van der Waals surface area contributed by atoms with Gasteiger partial charge in [0.15, 0.2) is 0 Å². The maximum Gasteiger partial charge on any atom is 0.0950 e. The fraction of sp³-hybridized carbons (Fsp3) is 0.400. The van der Waals surface area contributed by atoms with E-state index in [-0.39, 0.29) is 0 Å². The van der Waals surface area contributed by atoms with E-state index in [0.29, 0.717) is 12.5 Å². The Kier molecular flexibility index (Phi) is 3.15. The van der Waals surface area contributed by atoms with Crippen molar-refractivity contribution in [3.63, 3.8) is 0 Å². The van der Waals surface area contributed by atoms with Crippen LogP contribution in [0.5, 0.6) is 0 Å². The second-order valence-corrected chi connectivity index (χ2v) is 5.05. The van der Waals surface area contributed by atoms with E-state index in [4.69, 9.17) is 5.73 Å². The summed E-state index contributed by atoms with van der Waals surface area (Å²) >= 11 is 0. The van der Waals surface area contributed by atoms with Crippen molar-refractivity contribution in [2.24, 2.45) is 5.73 Å². The average Bonchev–Trinajstić information content (AvgIpc) is 2.87. The van der Waals surface area contributed by atoms with Crippen molar-refractivity contribution in [1.82, 2.24) is 9.55 Å². The van der Waals surface area contributed by atoms with Crippen LogP contribution in [-0.4, -0.2) is 9.55 Å². The monoisotopic (exact) mass is 241 g/mol. The first kappa shape index (κ1) is 11.5. The molecular formula is C15H19N3. The predicted octanol–water partition coefficient (Wildman–Crippen LogP) is 2.46. The molecule has 3 heteroatoms. The number of nitrogens with zero attached hydrogens (tertiary/aromatic N) is 2. The highest BCUT2D eigenvalue weighted by molar-refractivity contribution is 5.32. The molecule has 0 spiro atoms. The predicted molar refractivity (Wildman–Crippen MR) is 72.2 cm³/mol. The van der Waals surface area contributed by atoms with Crippen molar-refractivity contribution >= 4 is 0 Å². The Morgan fingerprint density at radius 3 is 3.06 bits per heavy atom. The summed E-state index contributed by atoms with van der Waals surface area (Å²) in [6.45, 7) is 1.54. The Balaban J connectivity index is 1.81. The normalized spacial score (nSPS) is 18.6. The molecule has 0 radical (unpaired) electrons. The molecule has 1 heterocycles. The van der Waals surface area contributed by atoms with Gasteiger partial charge in [0.25, 0.3) is 0 Å². The van der Waals surface area contributed by atoms with Crippen LogP contribution in [0.2, 0.25) is 0 Å². The summed E-state index contributed by atoms with van der Waals surface area (Å²) in [5.74, 6) is 0.620. The van der Waals surface area contributed by atoms with Gasteiger partial charge in [0.2, 0.25) is 0 Å². The topological polar surface area (TPSA) is 43.8 Å². The molecule has 0 bridgehead atoms. The molecule has 0 amide bonds. The van der Waals surface area contributed by atoms with Crippen molar-refractivity contribution < 1.29 is 0 Å². The van der Waals surface area contributed by atoms with Crippen molar-refractivity contribution in [2.75, 3.05) is 0 Å². The smallest absolute Gasteiger partial charge is 0.0950 e. The molecular weight excluding hydrogens is 222 g/mol. The quantitative estimate of drug-likeness (QED) is 0.897. The van der Waals surface area contributed by atoms with Gasteiger partial charge in [-0.1, -0.05) is 24.3 Å². The largest absolute Gasteiger partial charge is 0.337 e. The molecule has 0 aliphatic heterocycles. The molecule has 1 aromatic heterocycles. The third kappa shape index (κ3) is 2.18. The van der Waals surface area contributed by atoms with E-state index < -0.39 is 0 Å². The second-order valence-electron chi connectivity index (χ2n) is 5.05. The van der Waals surface area contributed by atoms with Gasteiger partial charge >= 0.3 is 0 Å². The standard InChI is InChI=1S/C15H19N3/c16-8-14-10-18(11-17-14)9-13-6-3-5-12-4-1-2-7-15(12)13/h1-2,4,7,10-11,13H,3,5-6,8-9,16H2. The fourth-order valence-electron chi connectivity index (χ4n) is 2.91. The van der Waals surface area contributed by atoms with Crippen LogP contribution >= 0.6 is 0 Å². The first-order valence-corrected chi connectivity index (χ1v) is 6.65. The van der Waals surface area contributed by atoms with E-state index in [1.54, 1.807) is 0 Å². The van der Waals surface area contributed by atoms with Crippen LogP contribution in [0.4, 0.5) is 0 Å². The minimum Gasteiger partial charge on any atom is -0.337 e. The minimum atomic E-state index is 0.522. The average molecular weight is 241 g/mol. The molecule has 1 aromatic carbocycles. The lowest BCUT2D eigenvalue weighted by Gasteiger charge is -2.25. The van der Waals surface area contributed by atoms with Gasteiger partial charge in [0, 0.05) is 25.2 Å². The zero-order valence-electron chi connectivity index (χ0n) is 10.5. The number of rotatable bonds is 3. The molecule has 2 N–H and O–H groups in total. The van der Waals surface area contributed by atoms with E-state index in [2.05, 4.69) is 40.0 Å². The fourth-order valence-corrected chi connectivity index (χ4v) is 2.91. The van der Waals surface area contributed by atoms with Gasteiger partial charge in [-0.15, -0.1) is 0 Å². The molecule has 94 valence electrons. The van der Waals surface area contributed by atoms with Gasteiger partial charge in [0.05, 0.1) is 12.0 Å². The van der Waals surface area contributed by atoms with Gasteiger partial charge in [-0.25, -0.2) is 4.98 Å². The summed E-state index contributed by atoms with van der Waals surface area (Å²) in [4.78, 5) is 4.29. The summed E-state index contributed by atoms with van der Waals surface area (Å²) in [6, 6.07) is 8.84. The third-order valence-electron chi connectivity index (χ3n) is 3.82. The number of imidazole rings is 1. The van der Waals surface area contributed by atoms with Crippen molar-refractivity contribution in [3.05, 3.63) is 53.6 Å².